The predicted octanol–water partition coefficient (Wildman–Crippen LogP) is 6.79. The molecule has 0 saturated carbocycles. The van der Waals surface area contributed by atoms with Gasteiger partial charge in [-0.15, -0.1) is 0 Å². The van der Waals surface area contributed by atoms with Crippen molar-refractivity contribution in [2.75, 3.05) is 0 Å². The molecule has 0 aliphatic heterocycles. The van der Waals surface area contributed by atoms with Gasteiger partial charge in [0.2, 0.25) is 11.9 Å². The number of pyridine rings is 4. The first-order valence-electron chi connectivity index (χ1n) is 9.55. The highest BCUT2D eigenvalue weighted by Gasteiger charge is 2.29. The summed E-state index contributed by atoms with van der Waals surface area (Å²) in [4.78, 5) is 15.8. The summed E-state index contributed by atoms with van der Waals surface area (Å²) in [5.41, 5.74) is -1.03. The molecule has 0 unspecified atom stereocenters. The standard InChI is InChI=1S/C23H14Cl2F4N4/c1-23(2,17-9-11(26)7-15(30-17)13-3-5-19(24)32-21(13)28)18-10-12(27)8-16(31-18)14-4-6-20(25)33-22(14)29/h3-10H,1-2H3. The molecule has 4 aromatic heterocycles. The van der Waals surface area contributed by atoms with Crippen molar-refractivity contribution < 1.29 is 17.6 Å². The fourth-order valence-electron chi connectivity index (χ4n) is 3.25. The van der Waals surface area contributed by atoms with Crippen LogP contribution >= 0.6 is 23.2 Å². The van der Waals surface area contributed by atoms with Gasteiger partial charge in [0, 0.05) is 17.5 Å². The predicted molar refractivity (Wildman–Crippen MR) is 117 cm³/mol. The molecule has 0 spiro atoms. The van der Waals surface area contributed by atoms with Crippen LogP contribution in [0.4, 0.5) is 17.6 Å². The molecule has 4 rings (SSSR count). The Morgan fingerprint density at radius 3 is 1.36 bits per heavy atom. The van der Waals surface area contributed by atoms with Gasteiger partial charge in [-0.2, -0.15) is 8.78 Å². The summed E-state index contributed by atoms with van der Waals surface area (Å²) in [6, 6.07) is 9.75. The first-order chi connectivity index (χ1) is 15.5. The van der Waals surface area contributed by atoms with Crippen molar-refractivity contribution in [1.82, 2.24) is 19.9 Å². The molecule has 4 heterocycles. The van der Waals surface area contributed by atoms with Gasteiger partial charge < -0.3 is 0 Å². The Balaban J connectivity index is 1.83. The van der Waals surface area contributed by atoms with Crippen LogP contribution in [-0.2, 0) is 5.41 Å². The maximum Gasteiger partial charge on any atom is 0.223 e. The van der Waals surface area contributed by atoms with Crippen LogP contribution in [0, 0.1) is 23.5 Å². The molecular weight excluding hydrogens is 479 g/mol. The van der Waals surface area contributed by atoms with E-state index in [9.17, 15) is 17.6 Å². The van der Waals surface area contributed by atoms with Crippen molar-refractivity contribution in [1.29, 1.82) is 0 Å². The van der Waals surface area contributed by atoms with E-state index >= 15 is 0 Å². The van der Waals surface area contributed by atoms with Gasteiger partial charge in [-0.05, 0) is 50.2 Å². The molecule has 0 radical (unpaired) electrons. The normalized spacial score (nSPS) is 11.6. The quantitative estimate of drug-likeness (QED) is 0.232. The van der Waals surface area contributed by atoms with Crippen LogP contribution in [0.3, 0.4) is 0 Å². The SMILES string of the molecule is CC(C)(c1cc(F)cc(-c2ccc(Cl)nc2F)n1)c1cc(F)cc(-c2ccc(Cl)nc2F)n1. The van der Waals surface area contributed by atoms with Crippen molar-refractivity contribution in [2.45, 2.75) is 19.3 Å². The number of hydrogen-bond donors (Lipinski definition) is 0. The van der Waals surface area contributed by atoms with Crippen LogP contribution in [0.5, 0.6) is 0 Å². The minimum atomic E-state index is -1.15. The van der Waals surface area contributed by atoms with Gasteiger partial charge in [0.1, 0.15) is 21.9 Å². The summed E-state index contributed by atoms with van der Waals surface area (Å²) < 4.78 is 57.6. The molecule has 0 aliphatic carbocycles. The Hall–Kier alpha value is -3.10. The lowest BCUT2D eigenvalue weighted by atomic mass is 9.84. The van der Waals surface area contributed by atoms with Crippen molar-refractivity contribution in [3.05, 3.63) is 93.8 Å². The molecule has 4 aromatic rings. The molecule has 0 aromatic carbocycles. The summed E-state index contributed by atoms with van der Waals surface area (Å²) in [5.74, 6) is -3.22. The zero-order chi connectivity index (χ0) is 23.9. The van der Waals surface area contributed by atoms with Crippen molar-refractivity contribution in [3.63, 3.8) is 0 Å². The summed E-state index contributed by atoms with van der Waals surface area (Å²) in [5, 5.41) is -0.123. The molecule has 10 heteroatoms. The second-order valence-corrected chi connectivity index (χ2v) is 8.46. The van der Waals surface area contributed by atoms with E-state index in [1.165, 1.54) is 24.3 Å². The van der Waals surface area contributed by atoms with Gasteiger partial charge in [0.25, 0.3) is 0 Å². The molecule has 0 atom stereocenters. The first kappa shape index (κ1) is 23.1. The van der Waals surface area contributed by atoms with Gasteiger partial charge >= 0.3 is 0 Å². The highest BCUT2D eigenvalue weighted by molar-refractivity contribution is 6.29. The number of nitrogens with zero attached hydrogens (tertiary/aromatic N) is 4. The Bertz CT molecular complexity index is 1280. The lowest BCUT2D eigenvalue weighted by molar-refractivity contribution is 0.557. The molecule has 0 fully saturated rings. The lowest BCUT2D eigenvalue weighted by Gasteiger charge is -2.25. The van der Waals surface area contributed by atoms with E-state index in [0.29, 0.717) is 0 Å². The summed E-state index contributed by atoms with van der Waals surface area (Å²) in [6.45, 7) is 3.27. The zero-order valence-electron chi connectivity index (χ0n) is 17.2. The van der Waals surface area contributed by atoms with E-state index in [-0.39, 0.29) is 44.2 Å². The fourth-order valence-corrected chi connectivity index (χ4v) is 3.52. The summed E-state index contributed by atoms with van der Waals surface area (Å²) in [6.07, 6.45) is 0. The third kappa shape index (κ3) is 4.67. The van der Waals surface area contributed by atoms with E-state index in [1.807, 2.05) is 0 Å². The minimum Gasteiger partial charge on any atom is -0.251 e. The molecule has 0 bridgehead atoms. The van der Waals surface area contributed by atoms with Crippen LogP contribution < -0.4 is 0 Å². The van der Waals surface area contributed by atoms with Crippen LogP contribution in [0.1, 0.15) is 25.2 Å². The zero-order valence-corrected chi connectivity index (χ0v) is 18.7. The summed E-state index contributed by atoms with van der Waals surface area (Å²) >= 11 is 11.4. The van der Waals surface area contributed by atoms with Gasteiger partial charge in [0.15, 0.2) is 0 Å². The van der Waals surface area contributed by atoms with E-state index in [4.69, 9.17) is 23.2 Å². The third-order valence-electron chi connectivity index (χ3n) is 5.04. The van der Waals surface area contributed by atoms with Crippen molar-refractivity contribution in [2.24, 2.45) is 0 Å². The molecule has 0 N–H and O–H groups in total. The van der Waals surface area contributed by atoms with E-state index in [2.05, 4.69) is 19.9 Å². The van der Waals surface area contributed by atoms with E-state index in [1.54, 1.807) is 13.8 Å². The molecule has 0 amide bonds. The number of halogens is 6. The largest absolute Gasteiger partial charge is 0.251 e. The minimum absolute atomic E-state index is 0.0238. The maximum absolute atomic E-state index is 14.5. The second kappa shape index (κ2) is 8.68. The van der Waals surface area contributed by atoms with Crippen molar-refractivity contribution in [3.8, 4) is 22.5 Å². The Kier molecular flexibility index (Phi) is 6.07. The molecule has 4 nitrogen and oxygen atoms in total. The number of hydrogen-bond acceptors (Lipinski definition) is 4. The molecule has 33 heavy (non-hydrogen) atoms. The molecule has 0 saturated heterocycles. The highest BCUT2D eigenvalue weighted by atomic mass is 35.5. The van der Waals surface area contributed by atoms with Gasteiger partial charge in [0.05, 0.1) is 33.9 Å². The maximum atomic E-state index is 14.5. The molecule has 0 aliphatic rings. The Morgan fingerprint density at radius 2 is 1.00 bits per heavy atom. The van der Waals surface area contributed by atoms with Crippen LogP contribution in [0.2, 0.25) is 10.3 Å². The Labute approximate surface area is 196 Å². The number of aromatic nitrogens is 4. The molecular formula is C23H14Cl2F4N4. The van der Waals surface area contributed by atoms with Crippen LogP contribution in [0.25, 0.3) is 22.5 Å². The first-order valence-corrected chi connectivity index (χ1v) is 10.3. The Morgan fingerprint density at radius 1 is 0.606 bits per heavy atom. The van der Waals surface area contributed by atoms with Crippen LogP contribution in [-0.4, -0.2) is 19.9 Å². The average Bonchev–Trinajstić information content (AvgIpc) is 2.72. The van der Waals surface area contributed by atoms with Gasteiger partial charge in [-0.1, -0.05) is 23.2 Å². The monoisotopic (exact) mass is 492 g/mol. The average molecular weight is 493 g/mol. The van der Waals surface area contributed by atoms with Crippen LogP contribution in [0.15, 0.2) is 48.5 Å². The second-order valence-electron chi connectivity index (χ2n) is 7.68. The van der Waals surface area contributed by atoms with E-state index < -0.39 is 28.9 Å². The lowest BCUT2D eigenvalue weighted by Crippen LogP contribution is -2.23. The summed E-state index contributed by atoms with van der Waals surface area (Å²) in [7, 11) is 0. The highest BCUT2D eigenvalue weighted by Crippen LogP contribution is 2.34. The van der Waals surface area contributed by atoms with Crippen molar-refractivity contribution >= 4 is 23.2 Å². The third-order valence-corrected chi connectivity index (χ3v) is 5.46. The van der Waals surface area contributed by atoms with E-state index in [0.717, 1.165) is 24.3 Å². The molecule has 168 valence electrons. The smallest absolute Gasteiger partial charge is 0.223 e. The van der Waals surface area contributed by atoms with Gasteiger partial charge in [-0.25, -0.2) is 18.7 Å². The van der Waals surface area contributed by atoms with Gasteiger partial charge in [-0.3, -0.25) is 9.97 Å². The topological polar surface area (TPSA) is 51.6 Å². The fraction of sp³-hybridized carbons (Fsp3) is 0.130. The number of rotatable bonds is 4.